The fourth-order valence-electron chi connectivity index (χ4n) is 6.78. The number of ether oxygens (including phenoxy) is 1. The Morgan fingerprint density at radius 3 is 2.48 bits per heavy atom. The number of para-hydroxylation sites is 1. The van der Waals surface area contributed by atoms with E-state index in [1.165, 1.54) is 4.68 Å². The minimum absolute atomic E-state index is 0.0967. The lowest BCUT2D eigenvalue weighted by Crippen LogP contribution is -2.46. The van der Waals surface area contributed by atoms with Crippen molar-refractivity contribution in [1.82, 2.24) is 9.78 Å². The summed E-state index contributed by atoms with van der Waals surface area (Å²) in [6, 6.07) is 20.3. The van der Waals surface area contributed by atoms with Gasteiger partial charge in [0.1, 0.15) is 0 Å². The number of H-pyrrole nitrogens is 1. The summed E-state index contributed by atoms with van der Waals surface area (Å²) in [6.45, 7) is 5.88. The Balaban J connectivity index is 1.36. The van der Waals surface area contributed by atoms with Gasteiger partial charge in [0.05, 0.1) is 34.9 Å². The number of nitrogens with zero attached hydrogens (tertiary/aromatic N) is 2. The topological polar surface area (TPSA) is 108 Å². The number of hydrogen-bond donors (Lipinski definition) is 3. The number of benzene rings is 3. The van der Waals surface area contributed by atoms with Crippen LogP contribution in [-0.4, -0.2) is 46.6 Å². The Morgan fingerprint density at radius 1 is 1.07 bits per heavy atom. The zero-order valence-corrected chi connectivity index (χ0v) is 24.4. The number of aliphatic hydroxyl groups is 1. The SMILES string of the molecule is C[C@H]1[C@H]([Si](C)(C)O)[C@@H](CCO)O[C@]12C(=O)N(Cc1ccc(-n3[nH]c4ccccc4c3=O)cc1)c1ccc(Cl)cc12. The van der Waals surface area contributed by atoms with Crippen LogP contribution in [0.1, 0.15) is 24.5 Å². The number of aromatic amines is 1. The first-order valence-electron chi connectivity index (χ1n) is 13.5. The summed E-state index contributed by atoms with van der Waals surface area (Å²) in [4.78, 5) is 40.1. The smallest absolute Gasteiger partial charge is 0.279 e. The van der Waals surface area contributed by atoms with Gasteiger partial charge in [-0.15, -0.1) is 0 Å². The second kappa shape index (κ2) is 9.71. The van der Waals surface area contributed by atoms with E-state index in [0.29, 0.717) is 34.6 Å². The van der Waals surface area contributed by atoms with Crippen molar-refractivity contribution in [2.45, 2.75) is 50.2 Å². The molecule has 40 heavy (non-hydrogen) atoms. The molecular formula is C30H32ClN3O5Si. The van der Waals surface area contributed by atoms with Gasteiger partial charge in [0.2, 0.25) is 0 Å². The molecule has 4 aromatic rings. The van der Waals surface area contributed by atoms with Crippen molar-refractivity contribution in [2.75, 3.05) is 11.5 Å². The summed E-state index contributed by atoms with van der Waals surface area (Å²) in [5.41, 5.74) is 2.08. The molecule has 208 valence electrons. The number of nitrogens with one attached hydrogen (secondary N) is 1. The average Bonchev–Trinajstić information content (AvgIpc) is 3.49. The largest absolute Gasteiger partial charge is 0.432 e. The molecule has 2 aliphatic heterocycles. The second-order valence-electron chi connectivity index (χ2n) is 11.4. The predicted octanol–water partition coefficient (Wildman–Crippen LogP) is 4.70. The van der Waals surface area contributed by atoms with Crippen molar-refractivity contribution < 1.29 is 19.4 Å². The van der Waals surface area contributed by atoms with Gasteiger partial charge in [-0.05, 0) is 67.5 Å². The van der Waals surface area contributed by atoms with E-state index in [9.17, 15) is 19.5 Å². The first kappa shape index (κ1) is 27.0. The van der Waals surface area contributed by atoms with Crippen molar-refractivity contribution in [3.05, 3.63) is 93.2 Å². The molecule has 0 radical (unpaired) electrons. The highest BCUT2D eigenvalue weighted by Crippen LogP contribution is 2.60. The first-order valence-corrected chi connectivity index (χ1v) is 16.9. The van der Waals surface area contributed by atoms with Crippen molar-refractivity contribution >= 4 is 42.4 Å². The standard InChI is InChI=1S/C30H32ClN3O5Si/c1-18-27(40(2,3)38)26(14-15-35)39-30(18)23-16-20(31)10-13-25(23)33(29(30)37)17-19-8-11-21(12-9-19)34-28(36)22-6-4-5-7-24(22)32-34/h4-13,16,18,26-27,32,35,38H,14-15,17H2,1-3H3/t18-,26+,27-,30+/m0/s1. The molecule has 3 heterocycles. The third-order valence-electron chi connectivity index (χ3n) is 8.49. The molecule has 1 saturated heterocycles. The van der Waals surface area contributed by atoms with Gasteiger partial charge in [0, 0.05) is 28.7 Å². The van der Waals surface area contributed by atoms with Crippen LogP contribution in [0.2, 0.25) is 23.7 Å². The van der Waals surface area contributed by atoms with Crippen LogP contribution >= 0.6 is 11.6 Å². The maximum absolute atomic E-state index is 14.3. The van der Waals surface area contributed by atoms with Crippen LogP contribution < -0.4 is 10.5 Å². The molecule has 1 amide bonds. The van der Waals surface area contributed by atoms with E-state index in [1.807, 2.05) is 68.5 Å². The van der Waals surface area contributed by atoms with Crippen LogP contribution in [0.15, 0.2) is 71.5 Å². The quantitative estimate of drug-likeness (QED) is 0.288. The van der Waals surface area contributed by atoms with Gasteiger partial charge < -0.3 is 19.5 Å². The number of aromatic nitrogens is 2. The molecule has 0 bridgehead atoms. The van der Waals surface area contributed by atoms with E-state index < -0.39 is 20.0 Å². The maximum atomic E-state index is 14.3. The van der Waals surface area contributed by atoms with E-state index in [-0.39, 0.29) is 29.5 Å². The highest BCUT2D eigenvalue weighted by Gasteiger charge is 2.66. The van der Waals surface area contributed by atoms with E-state index in [1.54, 1.807) is 23.1 Å². The average molecular weight is 578 g/mol. The Morgan fingerprint density at radius 2 is 1.80 bits per heavy atom. The zero-order valence-electron chi connectivity index (χ0n) is 22.6. The number of halogens is 1. The summed E-state index contributed by atoms with van der Waals surface area (Å²) >= 11 is 6.43. The van der Waals surface area contributed by atoms with Gasteiger partial charge in [-0.2, -0.15) is 0 Å². The van der Waals surface area contributed by atoms with Crippen molar-refractivity contribution in [3.63, 3.8) is 0 Å². The highest BCUT2D eigenvalue weighted by atomic mass is 35.5. The highest BCUT2D eigenvalue weighted by molar-refractivity contribution is 6.71. The minimum atomic E-state index is -2.77. The fraction of sp³-hybridized carbons (Fsp3) is 0.333. The lowest BCUT2D eigenvalue weighted by molar-refractivity contribution is -0.146. The van der Waals surface area contributed by atoms with Gasteiger partial charge in [-0.3, -0.25) is 14.7 Å². The molecular weight excluding hydrogens is 546 g/mol. The fourth-order valence-corrected chi connectivity index (χ4v) is 9.55. The van der Waals surface area contributed by atoms with Crippen LogP contribution in [0.5, 0.6) is 0 Å². The Kier molecular flexibility index (Phi) is 6.55. The number of hydrogen-bond acceptors (Lipinski definition) is 5. The third-order valence-corrected chi connectivity index (χ3v) is 11.2. The van der Waals surface area contributed by atoms with Gasteiger partial charge >= 0.3 is 0 Å². The number of carbonyl (C=O) groups is 1. The molecule has 3 N–H and O–H groups in total. The van der Waals surface area contributed by atoms with Crippen LogP contribution in [0.3, 0.4) is 0 Å². The molecule has 1 fully saturated rings. The summed E-state index contributed by atoms with van der Waals surface area (Å²) in [7, 11) is -2.77. The van der Waals surface area contributed by atoms with Crippen LogP contribution in [0.25, 0.3) is 16.6 Å². The summed E-state index contributed by atoms with van der Waals surface area (Å²) in [6.07, 6.45) is -0.109. The summed E-state index contributed by atoms with van der Waals surface area (Å²) < 4.78 is 8.12. The molecule has 0 saturated carbocycles. The number of rotatable bonds is 6. The summed E-state index contributed by atoms with van der Waals surface area (Å²) in [5.74, 6) is -0.515. The monoisotopic (exact) mass is 577 g/mol. The number of anilines is 1. The Bertz CT molecular complexity index is 1660. The van der Waals surface area contributed by atoms with E-state index in [2.05, 4.69) is 5.10 Å². The summed E-state index contributed by atoms with van der Waals surface area (Å²) in [5, 5.41) is 14.0. The molecule has 3 aromatic carbocycles. The number of fused-ring (bicyclic) bond motifs is 3. The number of amides is 1. The van der Waals surface area contributed by atoms with Crippen LogP contribution in [-0.2, 0) is 21.7 Å². The van der Waals surface area contributed by atoms with Gasteiger partial charge in [0.25, 0.3) is 11.5 Å². The van der Waals surface area contributed by atoms with Gasteiger partial charge in [-0.1, -0.05) is 42.8 Å². The minimum Gasteiger partial charge on any atom is -0.432 e. The van der Waals surface area contributed by atoms with Crippen LogP contribution in [0, 0.1) is 5.92 Å². The van der Waals surface area contributed by atoms with E-state index in [0.717, 1.165) is 16.8 Å². The first-order chi connectivity index (χ1) is 19.1. The van der Waals surface area contributed by atoms with Crippen molar-refractivity contribution in [3.8, 4) is 5.69 Å². The number of carbonyl (C=O) groups excluding carboxylic acids is 1. The van der Waals surface area contributed by atoms with Crippen molar-refractivity contribution in [1.29, 1.82) is 0 Å². The van der Waals surface area contributed by atoms with Crippen LogP contribution in [0.4, 0.5) is 5.69 Å². The molecule has 4 atom stereocenters. The predicted molar refractivity (Wildman–Crippen MR) is 157 cm³/mol. The molecule has 0 aliphatic carbocycles. The molecule has 1 spiro atoms. The molecule has 8 nitrogen and oxygen atoms in total. The van der Waals surface area contributed by atoms with Gasteiger partial charge in [-0.25, -0.2) is 4.68 Å². The van der Waals surface area contributed by atoms with Gasteiger partial charge in [0.15, 0.2) is 13.9 Å². The van der Waals surface area contributed by atoms with E-state index >= 15 is 0 Å². The molecule has 1 aromatic heterocycles. The Hall–Kier alpha value is -3.21. The maximum Gasteiger partial charge on any atom is 0.279 e. The lowest BCUT2D eigenvalue weighted by Gasteiger charge is -2.32. The third kappa shape index (κ3) is 4.07. The molecule has 6 rings (SSSR count). The molecule has 10 heteroatoms. The number of aliphatic hydroxyl groups excluding tert-OH is 1. The second-order valence-corrected chi connectivity index (χ2v) is 15.8. The molecule has 0 unspecified atom stereocenters. The molecule has 2 aliphatic rings. The van der Waals surface area contributed by atoms with E-state index in [4.69, 9.17) is 16.3 Å². The van der Waals surface area contributed by atoms with Crippen molar-refractivity contribution in [2.24, 2.45) is 5.92 Å². The zero-order chi connectivity index (χ0) is 28.4. The Labute approximate surface area is 237 Å². The normalized spacial score (nSPS) is 24.4. The lowest BCUT2D eigenvalue weighted by atomic mass is 9.82.